The molecule has 9 nitrogen and oxygen atoms in total. The predicted molar refractivity (Wildman–Crippen MR) is 118 cm³/mol. The van der Waals surface area contributed by atoms with Crippen molar-refractivity contribution in [3.63, 3.8) is 0 Å². The average molecular weight is 432 g/mol. The Balaban J connectivity index is 1.98. The summed E-state index contributed by atoms with van der Waals surface area (Å²) in [7, 11) is 1.28. The number of carbonyl (C=O) groups is 2. The number of methoxy groups -OCH3 is 1. The van der Waals surface area contributed by atoms with E-state index in [-0.39, 0.29) is 18.5 Å². The van der Waals surface area contributed by atoms with Crippen molar-refractivity contribution in [2.75, 3.05) is 25.6 Å². The monoisotopic (exact) mass is 431 g/mol. The third-order valence-corrected chi connectivity index (χ3v) is 5.87. The molecule has 0 spiro atoms. The van der Waals surface area contributed by atoms with Gasteiger partial charge in [0.2, 0.25) is 5.91 Å². The van der Waals surface area contributed by atoms with Gasteiger partial charge in [0.15, 0.2) is 5.65 Å². The Hall–Kier alpha value is -2.68. The molecule has 0 aliphatic carbocycles. The standard InChI is InChI=1S/C22H33N5O4/c1-6-17-15(12-23-20(28)22(3,4)21(29)30-5)18(25-14-8-10-31-11-9-14)16-13-24-27(7-2)19(16)26-17/h13-14H,6-12H2,1-5H3,(H,23,28)(H,25,26). The number of hydrogen-bond donors (Lipinski definition) is 2. The fraction of sp³-hybridized carbons (Fsp3) is 0.636. The molecule has 0 aromatic carbocycles. The van der Waals surface area contributed by atoms with Gasteiger partial charge in [-0.15, -0.1) is 0 Å². The molecule has 0 unspecified atom stereocenters. The molecule has 2 N–H and O–H groups in total. The van der Waals surface area contributed by atoms with Crippen molar-refractivity contribution in [3.8, 4) is 0 Å². The highest BCUT2D eigenvalue weighted by Gasteiger charge is 2.37. The van der Waals surface area contributed by atoms with Gasteiger partial charge < -0.3 is 20.1 Å². The van der Waals surface area contributed by atoms with E-state index in [0.29, 0.717) is 6.42 Å². The summed E-state index contributed by atoms with van der Waals surface area (Å²) in [6.07, 6.45) is 4.36. The number of aryl methyl sites for hydroxylation is 2. The van der Waals surface area contributed by atoms with E-state index >= 15 is 0 Å². The molecule has 1 fully saturated rings. The van der Waals surface area contributed by atoms with Crippen LogP contribution in [-0.2, 0) is 38.6 Å². The highest BCUT2D eigenvalue weighted by molar-refractivity contribution is 6.02. The molecule has 0 radical (unpaired) electrons. The van der Waals surface area contributed by atoms with E-state index in [1.807, 2.05) is 24.7 Å². The lowest BCUT2D eigenvalue weighted by Crippen LogP contribution is -2.43. The number of hydrogen-bond acceptors (Lipinski definition) is 7. The maximum Gasteiger partial charge on any atom is 0.320 e. The molecule has 2 aromatic heterocycles. The molecule has 0 bridgehead atoms. The summed E-state index contributed by atoms with van der Waals surface area (Å²) in [4.78, 5) is 29.6. The molecule has 9 heteroatoms. The van der Waals surface area contributed by atoms with Gasteiger partial charge in [-0.05, 0) is 40.0 Å². The Morgan fingerprint density at radius 1 is 1.29 bits per heavy atom. The minimum atomic E-state index is -1.28. The van der Waals surface area contributed by atoms with Gasteiger partial charge in [0.25, 0.3) is 0 Å². The van der Waals surface area contributed by atoms with Gasteiger partial charge in [-0.2, -0.15) is 5.10 Å². The molecule has 3 rings (SSSR count). The molecule has 170 valence electrons. The number of ether oxygens (including phenoxy) is 2. The van der Waals surface area contributed by atoms with Gasteiger partial charge in [0.05, 0.1) is 24.4 Å². The lowest BCUT2D eigenvalue weighted by atomic mass is 9.92. The van der Waals surface area contributed by atoms with Crippen LogP contribution in [0.5, 0.6) is 0 Å². The number of nitrogens with one attached hydrogen (secondary N) is 2. The molecule has 1 aliphatic rings. The Kier molecular flexibility index (Phi) is 7.15. The normalized spacial score (nSPS) is 15.1. The third kappa shape index (κ3) is 4.66. The zero-order chi connectivity index (χ0) is 22.6. The van der Waals surface area contributed by atoms with Crippen LogP contribution in [0.3, 0.4) is 0 Å². The molecule has 31 heavy (non-hydrogen) atoms. The fourth-order valence-electron chi connectivity index (χ4n) is 3.84. The van der Waals surface area contributed by atoms with E-state index in [0.717, 1.165) is 60.6 Å². The molecule has 0 atom stereocenters. The van der Waals surface area contributed by atoms with Crippen molar-refractivity contribution in [1.29, 1.82) is 0 Å². The summed E-state index contributed by atoms with van der Waals surface area (Å²) in [6, 6.07) is 0.273. The van der Waals surface area contributed by atoms with Crippen LogP contribution in [0, 0.1) is 5.41 Å². The third-order valence-electron chi connectivity index (χ3n) is 5.87. The van der Waals surface area contributed by atoms with Crippen LogP contribution in [0.15, 0.2) is 6.20 Å². The van der Waals surface area contributed by atoms with Crippen LogP contribution in [0.25, 0.3) is 11.0 Å². The minimum absolute atomic E-state index is 0.258. The zero-order valence-electron chi connectivity index (χ0n) is 19.1. The number of rotatable bonds is 8. The first kappa shape index (κ1) is 23.0. The summed E-state index contributed by atoms with van der Waals surface area (Å²) < 4.78 is 12.2. The first-order chi connectivity index (χ1) is 14.8. The van der Waals surface area contributed by atoms with Crippen molar-refractivity contribution in [1.82, 2.24) is 20.1 Å². The van der Waals surface area contributed by atoms with E-state index < -0.39 is 11.4 Å². The molecular formula is C22H33N5O4. The van der Waals surface area contributed by atoms with Crippen LogP contribution >= 0.6 is 0 Å². The summed E-state index contributed by atoms with van der Waals surface area (Å²) in [5.41, 5.74) is 2.32. The van der Waals surface area contributed by atoms with E-state index in [2.05, 4.69) is 15.7 Å². The second kappa shape index (κ2) is 9.64. The number of fused-ring (bicyclic) bond motifs is 1. The Morgan fingerprint density at radius 2 is 2.00 bits per heavy atom. The van der Waals surface area contributed by atoms with Gasteiger partial charge in [0, 0.05) is 43.6 Å². The summed E-state index contributed by atoms with van der Waals surface area (Å²) in [6.45, 7) is 9.62. The molecule has 0 saturated carbocycles. The fourth-order valence-corrected chi connectivity index (χ4v) is 3.84. The van der Waals surface area contributed by atoms with E-state index in [1.165, 1.54) is 7.11 Å². The number of amides is 1. The van der Waals surface area contributed by atoms with Gasteiger partial charge in [-0.1, -0.05) is 6.92 Å². The van der Waals surface area contributed by atoms with Crippen molar-refractivity contribution in [2.24, 2.45) is 5.41 Å². The average Bonchev–Trinajstić information content (AvgIpc) is 3.20. The number of anilines is 1. The largest absolute Gasteiger partial charge is 0.468 e. The van der Waals surface area contributed by atoms with Crippen molar-refractivity contribution < 1.29 is 19.1 Å². The highest BCUT2D eigenvalue weighted by atomic mass is 16.5. The first-order valence-electron chi connectivity index (χ1n) is 10.9. The topological polar surface area (TPSA) is 107 Å². The van der Waals surface area contributed by atoms with Crippen LogP contribution in [-0.4, -0.2) is 53.0 Å². The van der Waals surface area contributed by atoms with E-state index in [9.17, 15) is 9.59 Å². The summed E-state index contributed by atoms with van der Waals surface area (Å²) >= 11 is 0. The smallest absolute Gasteiger partial charge is 0.320 e. The highest BCUT2D eigenvalue weighted by Crippen LogP contribution is 2.31. The second-order valence-electron chi connectivity index (χ2n) is 8.29. The lowest BCUT2D eigenvalue weighted by molar-refractivity contribution is -0.156. The number of esters is 1. The summed E-state index contributed by atoms with van der Waals surface area (Å²) in [5, 5.41) is 12.0. The first-order valence-corrected chi connectivity index (χ1v) is 10.9. The Morgan fingerprint density at radius 3 is 2.61 bits per heavy atom. The zero-order valence-corrected chi connectivity index (χ0v) is 19.1. The SMILES string of the molecule is CCc1nc2c(cnn2CC)c(NC2CCOCC2)c1CNC(=O)C(C)(C)C(=O)OC. The van der Waals surface area contributed by atoms with E-state index in [1.54, 1.807) is 13.8 Å². The molecule has 2 aromatic rings. The number of pyridine rings is 1. The van der Waals surface area contributed by atoms with Crippen LogP contribution < -0.4 is 10.6 Å². The molecule has 1 saturated heterocycles. The van der Waals surface area contributed by atoms with Crippen LogP contribution in [0.2, 0.25) is 0 Å². The predicted octanol–water partition coefficient (Wildman–Crippen LogP) is 2.42. The maximum absolute atomic E-state index is 12.8. The van der Waals surface area contributed by atoms with Gasteiger partial charge in [0.1, 0.15) is 5.41 Å². The van der Waals surface area contributed by atoms with Crippen molar-refractivity contribution >= 4 is 28.6 Å². The van der Waals surface area contributed by atoms with E-state index in [4.69, 9.17) is 14.5 Å². The van der Waals surface area contributed by atoms with Crippen LogP contribution in [0.4, 0.5) is 5.69 Å². The van der Waals surface area contributed by atoms with Crippen LogP contribution in [0.1, 0.15) is 51.8 Å². The molecule has 1 amide bonds. The second-order valence-corrected chi connectivity index (χ2v) is 8.29. The number of carbonyl (C=O) groups excluding carboxylic acids is 2. The Labute approximate surface area is 182 Å². The summed E-state index contributed by atoms with van der Waals surface area (Å²) in [5.74, 6) is -0.957. The van der Waals surface area contributed by atoms with Crippen molar-refractivity contribution in [2.45, 2.75) is 66.1 Å². The minimum Gasteiger partial charge on any atom is -0.468 e. The quantitative estimate of drug-likeness (QED) is 0.488. The Bertz CT molecular complexity index is 947. The van der Waals surface area contributed by atoms with Gasteiger partial charge in [-0.3, -0.25) is 9.59 Å². The van der Waals surface area contributed by atoms with Gasteiger partial charge >= 0.3 is 5.97 Å². The van der Waals surface area contributed by atoms with Gasteiger partial charge in [-0.25, -0.2) is 9.67 Å². The molecule has 1 aliphatic heterocycles. The number of aromatic nitrogens is 3. The molecular weight excluding hydrogens is 398 g/mol. The maximum atomic E-state index is 12.8. The van der Waals surface area contributed by atoms with Crippen molar-refractivity contribution in [3.05, 3.63) is 17.5 Å². The lowest BCUT2D eigenvalue weighted by Gasteiger charge is -2.27. The number of nitrogens with zero attached hydrogens (tertiary/aromatic N) is 3. The molecule has 3 heterocycles.